The second-order valence-electron chi connectivity index (χ2n) is 12.1. The van der Waals surface area contributed by atoms with E-state index in [0.717, 1.165) is 19.3 Å². The molecule has 3 N–H and O–H groups in total. The summed E-state index contributed by atoms with van der Waals surface area (Å²) in [6.45, 7) is 6.28. The summed E-state index contributed by atoms with van der Waals surface area (Å²) in [7, 11) is 1.65. The lowest BCUT2D eigenvalue weighted by Gasteiger charge is -2.35. The van der Waals surface area contributed by atoms with Crippen LogP contribution in [0.3, 0.4) is 0 Å². The number of carbonyl (C=O) groups is 3. The third kappa shape index (κ3) is 10.0. The number of hydrogen-bond acceptors (Lipinski definition) is 6. The van der Waals surface area contributed by atoms with E-state index >= 15 is 0 Å². The SMILES string of the molecule is C[C@H](CO)N1C[C@H](C)[C@@H](CN(C)C(=O)Nc2ccc(F)cc2)OCCCC[C@H](C)Oc2ccc(NC(=O)c3ccccc3)cc2C1=O. The summed E-state index contributed by atoms with van der Waals surface area (Å²) in [6, 6.07) is 18.4. The fraction of sp³-hybridized carbons (Fsp3) is 0.417. The van der Waals surface area contributed by atoms with E-state index in [0.29, 0.717) is 29.3 Å². The number of amides is 4. The highest BCUT2D eigenvalue weighted by molar-refractivity contribution is 6.05. The van der Waals surface area contributed by atoms with Crippen molar-refractivity contribution in [3.8, 4) is 5.75 Å². The number of ether oxygens (including phenoxy) is 2. The predicted octanol–water partition coefficient (Wildman–Crippen LogP) is 6.04. The van der Waals surface area contributed by atoms with Crippen LogP contribution in [0.4, 0.5) is 20.6 Å². The van der Waals surface area contributed by atoms with Gasteiger partial charge in [0.2, 0.25) is 0 Å². The molecule has 3 aromatic rings. The van der Waals surface area contributed by atoms with Crippen molar-refractivity contribution in [1.29, 1.82) is 0 Å². The third-order valence-electron chi connectivity index (χ3n) is 8.24. The number of nitrogens with one attached hydrogen (secondary N) is 2. The molecule has 4 rings (SSSR count). The van der Waals surface area contributed by atoms with Gasteiger partial charge in [-0.2, -0.15) is 0 Å². The molecule has 47 heavy (non-hydrogen) atoms. The number of carbonyl (C=O) groups excluding carboxylic acids is 3. The van der Waals surface area contributed by atoms with Crippen LogP contribution in [0.1, 0.15) is 60.7 Å². The van der Waals surface area contributed by atoms with Crippen molar-refractivity contribution in [1.82, 2.24) is 9.80 Å². The first-order valence-corrected chi connectivity index (χ1v) is 16.0. The number of aliphatic hydroxyl groups excluding tert-OH is 1. The Morgan fingerprint density at radius 1 is 1.02 bits per heavy atom. The van der Waals surface area contributed by atoms with Crippen LogP contribution in [0.15, 0.2) is 72.8 Å². The Kier molecular flexibility index (Phi) is 12.7. The monoisotopic (exact) mass is 648 g/mol. The standard InChI is InChI=1S/C36H45FN4O6/c1-24-21-41(25(2)23-42)35(44)31-20-30(38-34(43)27-11-6-5-7-12-27)17-18-32(31)47-26(3)10-8-9-19-46-33(24)22-40(4)36(45)39-29-15-13-28(37)14-16-29/h5-7,11-18,20,24-26,33,42H,8-10,19,21-23H2,1-4H3,(H,38,43)(H,39,45)/t24-,25+,26-,33+/m0/s1. The van der Waals surface area contributed by atoms with Crippen LogP contribution >= 0.6 is 0 Å². The van der Waals surface area contributed by atoms with Gasteiger partial charge in [-0.15, -0.1) is 0 Å². The maximum atomic E-state index is 14.3. The van der Waals surface area contributed by atoms with Crippen molar-refractivity contribution in [3.05, 3.63) is 89.7 Å². The molecule has 0 fully saturated rings. The molecule has 1 aliphatic heterocycles. The second kappa shape index (κ2) is 16.9. The molecule has 11 heteroatoms. The lowest BCUT2D eigenvalue weighted by atomic mass is 10.0. The van der Waals surface area contributed by atoms with E-state index in [2.05, 4.69) is 10.6 Å². The number of fused-ring (bicyclic) bond motifs is 1. The molecule has 4 amide bonds. The Balaban J connectivity index is 1.59. The molecule has 3 aromatic carbocycles. The number of aliphatic hydroxyl groups is 1. The minimum Gasteiger partial charge on any atom is -0.490 e. The highest BCUT2D eigenvalue weighted by Crippen LogP contribution is 2.29. The van der Waals surface area contributed by atoms with Crippen LogP contribution < -0.4 is 15.4 Å². The molecule has 0 saturated carbocycles. The summed E-state index contributed by atoms with van der Waals surface area (Å²) < 4.78 is 25.9. The quantitative estimate of drug-likeness (QED) is 0.288. The maximum Gasteiger partial charge on any atom is 0.321 e. The van der Waals surface area contributed by atoms with Crippen LogP contribution in [-0.4, -0.2) is 84.4 Å². The number of halogens is 1. The highest BCUT2D eigenvalue weighted by atomic mass is 19.1. The zero-order valence-electron chi connectivity index (χ0n) is 27.4. The predicted molar refractivity (Wildman–Crippen MR) is 179 cm³/mol. The van der Waals surface area contributed by atoms with Crippen molar-refractivity contribution in [2.75, 3.05) is 44.0 Å². The zero-order chi connectivity index (χ0) is 33.9. The molecule has 0 saturated heterocycles. The second-order valence-corrected chi connectivity index (χ2v) is 12.1. The van der Waals surface area contributed by atoms with Crippen LogP contribution in [-0.2, 0) is 4.74 Å². The Labute approximate surface area is 275 Å². The van der Waals surface area contributed by atoms with E-state index in [4.69, 9.17) is 9.47 Å². The summed E-state index contributed by atoms with van der Waals surface area (Å²) in [5, 5.41) is 15.8. The highest BCUT2D eigenvalue weighted by Gasteiger charge is 2.31. The zero-order valence-corrected chi connectivity index (χ0v) is 27.4. The topological polar surface area (TPSA) is 120 Å². The van der Waals surface area contributed by atoms with Crippen LogP contribution in [0.25, 0.3) is 0 Å². The minimum absolute atomic E-state index is 0.200. The van der Waals surface area contributed by atoms with Gasteiger partial charge in [0.05, 0.1) is 30.4 Å². The number of hydrogen-bond donors (Lipinski definition) is 3. The molecule has 252 valence electrons. The lowest BCUT2D eigenvalue weighted by molar-refractivity contribution is -0.0115. The smallest absolute Gasteiger partial charge is 0.321 e. The van der Waals surface area contributed by atoms with Crippen molar-refractivity contribution in [2.45, 2.75) is 58.3 Å². The number of rotatable bonds is 7. The van der Waals surface area contributed by atoms with E-state index < -0.39 is 18.0 Å². The molecular formula is C36H45FN4O6. The van der Waals surface area contributed by atoms with Gasteiger partial charge in [0, 0.05) is 49.6 Å². The Hall–Kier alpha value is -4.48. The molecule has 0 aliphatic carbocycles. The van der Waals surface area contributed by atoms with Crippen LogP contribution in [0, 0.1) is 11.7 Å². The largest absolute Gasteiger partial charge is 0.490 e. The number of urea groups is 1. The number of benzene rings is 3. The van der Waals surface area contributed by atoms with Gasteiger partial charge in [0.1, 0.15) is 11.6 Å². The number of nitrogens with zero attached hydrogens (tertiary/aromatic N) is 2. The molecule has 1 aliphatic rings. The molecule has 0 aromatic heterocycles. The molecule has 1 heterocycles. The van der Waals surface area contributed by atoms with Gasteiger partial charge in [-0.3, -0.25) is 9.59 Å². The van der Waals surface area contributed by atoms with Gasteiger partial charge in [-0.05, 0) is 87.7 Å². The molecule has 4 atom stereocenters. The van der Waals surface area contributed by atoms with Gasteiger partial charge < -0.3 is 35.0 Å². The van der Waals surface area contributed by atoms with E-state index in [1.807, 2.05) is 19.9 Å². The summed E-state index contributed by atoms with van der Waals surface area (Å²) in [4.78, 5) is 43.3. The first kappa shape index (κ1) is 35.4. The summed E-state index contributed by atoms with van der Waals surface area (Å²) in [6.07, 6.45) is 1.68. The van der Waals surface area contributed by atoms with Gasteiger partial charge >= 0.3 is 6.03 Å². The van der Waals surface area contributed by atoms with Crippen molar-refractivity contribution in [3.63, 3.8) is 0 Å². The summed E-state index contributed by atoms with van der Waals surface area (Å²) in [5.41, 5.74) is 1.64. The third-order valence-corrected chi connectivity index (χ3v) is 8.24. The van der Waals surface area contributed by atoms with Gasteiger partial charge in [-0.1, -0.05) is 25.1 Å². The number of likely N-dealkylation sites (N-methyl/N-ethyl adjacent to an activating group) is 1. The minimum atomic E-state index is -0.550. The summed E-state index contributed by atoms with van der Waals surface area (Å²) >= 11 is 0. The fourth-order valence-corrected chi connectivity index (χ4v) is 5.36. The van der Waals surface area contributed by atoms with Crippen molar-refractivity contribution in [2.24, 2.45) is 5.92 Å². The van der Waals surface area contributed by atoms with Gasteiger partial charge in [-0.25, -0.2) is 9.18 Å². The van der Waals surface area contributed by atoms with Crippen molar-refractivity contribution >= 4 is 29.2 Å². The normalized spacial score (nSPS) is 19.8. The first-order valence-electron chi connectivity index (χ1n) is 16.0. The Morgan fingerprint density at radius 3 is 2.43 bits per heavy atom. The average molecular weight is 649 g/mol. The van der Waals surface area contributed by atoms with Crippen LogP contribution in [0.5, 0.6) is 5.75 Å². The van der Waals surface area contributed by atoms with E-state index in [1.165, 1.54) is 29.2 Å². The molecule has 10 nitrogen and oxygen atoms in total. The number of anilines is 2. The molecule has 0 radical (unpaired) electrons. The summed E-state index contributed by atoms with van der Waals surface area (Å²) in [5.74, 6) is -0.929. The lowest BCUT2D eigenvalue weighted by Crippen LogP contribution is -2.48. The van der Waals surface area contributed by atoms with Gasteiger partial charge in [0.25, 0.3) is 11.8 Å². The molecular weight excluding hydrogens is 603 g/mol. The van der Waals surface area contributed by atoms with Crippen molar-refractivity contribution < 1.29 is 33.4 Å². The Morgan fingerprint density at radius 2 is 1.72 bits per heavy atom. The molecule has 0 bridgehead atoms. The Bertz CT molecular complexity index is 1490. The van der Waals surface area contributed by atoms with E-state index in [9.17, 15) is 23.9 Å². The fourth-order valence-electron chi connectivity index (χ4n) is 5.36. The first-order chi connectivity index (χ1) is 22.5. The van der Waals surface area contributed by atoms with E-state index in [-0.39, 0.29) is 55.1 Å². The molecule has 0 spiro atoms. The van der Waals surface area contributed by atoms with Crippen LogP contribution in [0.2, 0.25) is 0 Å². The van der Waals surface area contributed by atoms with Gasteiger partial charge in [0.15, 0.2) is 0 Å². The maximum absolute atomic E-state index is 14.3. The van der Waals surface area contributed by atoms with E-state index in [1.54, 1.807) is 61.3 Å². The average Bonchev–Trinajstić information content (AvgIpc) is 3.07. The molecule has 0 unspecified atom stereocenters.